The molecule has 4 atom stereocenters. The van der Waals surface area contributed by atoms with Crippen molar-refractivity contribution in [2.75, 3.05) is 7.05 Å². The van der Waals surface area contributed by atoms with Gasteiger partial charge >= 0.3 is 0 Å². The Morgan fingerprint density at radius 2 is 1.78 bits per heavy atom. The van der Waals surface area contributed by atoms with E-state index in [-0.39, 0.29) is 0 Å². The highest BCUT2D eigenvalue weighted by Crippen LogP contribution is 2.51. The number of benzene rings is 2. The highest BCUT2D eigenvalue weighted by molar-refractivity contribution is 5.58. The van der Waals surface area contributed by atoms with Gasteiger partial charge in [0.25, 0.3) is 0 Å². The average Bonchev–Trinajstić information content (AvgIpc) is 3.26. The Morgan fingerprint density at radius 3 is 2.56 bits per heavy atom. The van der Waals surface area contributed by atoms with Gasteiger partial charge < -0.3 is 4.52 Å². The molecule has 138 valence electrons. The lowest BCUT2D eigenvalue weighted by molar-refractivity contribution is 0.122. The van der Waals surface area contributed by atoms with Gasteiger partial charge in [0.2, 0.25) is 0 Å². The Balaban J connectivity index is 1.54. The van der Waals surface area contributed by atoms with Crippen LogP contribution < -0.4 is 0 Å². The molecule has 0 spiro atoms. The van der Waals surface area contributed by atoms with Gasteiger partial charge in [0.1, 0.15) is 11.5 Å². The predicted molar refractivity (Wildman–Crippen MR) is 108 cm³/mol. The maximum atomic E-state index is 5.96. The van der Waals surface area contributed by atoms with Crippen molar-refractivity contribution >= 4 is 0 Å². The summed E-state index contributed by atoms with van der Waals surface area (Å²) in [4.78, 5) is 2.58. The van der Waals surface area contributed by atoms with Crippen molar-refractivity contribution in [1.82, 2.24) is 10.1 Å². The molecule has 0 aliphatic carbocycles. The summed E-state index contributed by atoms with van der Waals surface area (Å²) < 4.78 is 5.96. The quantitative estimate of drug-likeness (QED) is 0.629. The van der Waals surface area contributed by atoms with Gasteiger partial charge in [-0.25, -0.2) is 0 Å². The first-order valence-electron chi connectivity index (χ1n) is 10.0. The monoisotopic (exact) mass is 358 g/mol. The molecule has 0 amide bonds. The van der Waals surface area contributed by atoms with Gasteiger partial charge in [-0.2, -0.15) is 0 Å². The topological polar surface area (TPSA) is 29.3 Å². The van der Waals surface area contributed by atoms with E-state index >= 15 is 0 Å². The van der Waals surface area contributed by atoms with E-state index in [1.165, 1.54) is 30.4 Å². The van der Waals surface area contributed by atoms with Crippen LogP contribution in [0.3, 0.4) is 0 Å². The Morgan fingerprint density at radius 1 is 1.00 bits per heavy atom. The van der Waals surface area contributed by atoms with E-state index in [1.807, 2.05) is 6.07 Å². The second-order valence-corrected chi connectivity index (χ2v) is 8.22. The molecule has 2 saturated heterocycles. The van der Waals surface area contributed by atoms with Gasteiger partial charge in [-0.05, 0) is 44.7 Å². The molecule has 1 aromatic heterocycles. The molecule has 2 aliphatic rings. The first-order valence-corrected chi connectivity index (χ1v) is 10.0. The van der Waals surface area contributed by atoms with Gasteiger partial charge in [-0.15, -0.1) is 0 Å². The fourth-order valence-corrected chi connectivity index (χ4v) is 5.20. The Kier molecular flexibility index (Phi) is 4.13. The second kappa shape index (κ2) is 6.65. The molecule has 2 aliphatic heterocycles. The molecular weight excluding hydrogens is 332 g/mol. The van der Waals surface area contributed by atoms with Crippen LogP contribution in [0.5, 0.6) is 0 Å². The molecule has 5 rings (SSSR count). The number of aryl methyl sites for hydroxylation is 1. The van der Waals surface area contributed by atoms with Crippen LogP contribution in [-0.2, 0) is 0 Å². The van der Waals surface area contributed by atoms with Crippen molar-refractivity contribution in [2.24, 2.45) is 0 Å². The van der Waals surface area contributed by atoms with Crippen LogP contribution in [0, 0.1) is 6.92 Å². The third kappa shape index (κ3) is 2.90. The smallest absolute Gasteiger partial charge is 0.142 e. The third-order valence-electron chi connectivity index (χ3n) is 6.70. The van der Waals surface area contributed by atoms with Crippen LogP contribution in [-0.4, -0.2) is 29.2 Å². The van der Waals surface area contributed by atoms with Crippen molar-refractivity contribution in [2.45, 2.75) is 50.1 Å². The zero-order valence-electron chi connectivity index (χ0n) is 16.0. The Bertz CT molecular complexity index is 915. The molecule has 2 aromatic carbocycles. The zero-order valence-corrected chi connectivity index (χ0v) is 16.0. The minimum Gasteiger partial charge on any atom is -0.360 e. The van der Waals surface area contributed by atoms with Crippen LogP contribution in [0.1, 0.15) is 48.0 Å². The number of hydrogen-bond acceptors (Lipinski definition) is 3. The minimum absolute atomic E-state index is 0.362. The van der Waals surface area contributed by atoms with Crippen LogP contribution in [0.2, 0.25) is 0 Å². The number of hydrogen-bond donors (Lipinski definition) is 0. The Hall–Kier alpha value is -2.39. The van der Waals surface area contributed by atoms with E-state index in [1.54, 1.807) is 0 Å². The van der Waals surface area contributed by atoms with Crippen molar-refractivity contribution in [1.29, 1.82) is 0 Å². The fraction of sp³-hybridized carbons (Fsp3) is 0.375. The number of likely N-dealkylation sites (N-methyl/N-ethyl adjacent to an activating group) is 1. The molecule has 0 N–H and O–H groups in total. The van der Waals surface area contributed by atoms with Gasteiger partial charge in [0.05, 0.1) is 0 Å². The maximum Gasteiger partial charge on any atom is 0.142 e. The number of rotatable bonds is 3. The molecular formula is C24H26N2O. The molecule has 3 heterocycles. The summed E-state index contributed by atoms with van der Waals surface area (Å²) in [5, 5.41) is 4.42. The summed E-state index contributed by atoms with van der Waals surface area (Å²) in [5.41, 5.74) is 4.81. The van der Waals surface area contributed by atoms with Gasteiger partial charge in [-0.1, -0.05) is 65.3 Å². The first-order chi connectivity index (χ1) is 13.2. The van der Waals surface area contributed by atoms with Crippen LogP contribution in [0.25, 0.3) is 11.3 Å². The summed E-state index contributed by atoms with van der Waals surface area (Å²) in [6.07, 6.45) is 3.73. The lowest BCUT2D eigenvalue weighted by atomic mass is 9.74. The second-order valence-electron chi connectivity index (χ2n) is 8.22. The van der Waals surface area contributed by atoms with Crippen molar-refractivity contribution < 1.29 is 4.52 Å². The largest absolute Gasteiger partial charge is 0.360 e. The van der Waals surface area contributed by atoms with E-state index in [9.17, 15) is 0 Å². The number of piperidine rings is 1. The van der Waals surface area contributed by atoms with E-state index in [4.69, 9.17) is 4.52 Å². The van der Waals surface area contributed by atoms with E-state index < -0.39 is 0 Å². The van der Waals surface area contributed by atoms with E-state index in [0.29, 0.717) is 23.9 Å². The molecule has 0 radical (unpaired) electrons. The normalized spacial score (nSPS) is 27.8. The maximum absolute atomic E-state index is 5.96. The summed E-state index contributed by atoms with van der Waals surface area (Å²) in [5.74, 6) is 1.90. The Labute approximate surface area is 161 Å². The van der Waals surface area contributed by atoms with E-state index in [2.05, 4.69) is 78.6 Å². The molecule has 3 aromatic rings. The molecule has 2 fully saturated rings. The molecule has 3 nitrogen and oxygen atoms in total. The van der Waals surface area contributed by atoms with Gasteiger partial charge in [0.15, 0.2) is 0 Å². The highest BCUT2D eigenvalue weighted by Gasteiger charge is 2.48. The molecule has 0 saturated carbocycles. The fourth-order valence-electron chi connectivity index (χ4n) is 5.20. The molecule has 2 bridgehead atoms. The van der Waals surface area contributed by atoms with Crippen LogP contribution >= 0.6 is 0 Å². The number of aromatic nitrogens is 1. The summed E-state index contributed by atoms with van der Waals surface area (Å²) in [6, 6.07) is 22.8. The lowest BCUT2D eigenvalue weighted by Gasteiger charge is -2.42. The predicted octanol–water partition coefficient (Wildman–Crippen LogP) is 5.38. The number of fused-ring (bicyclic) bond motifs is 2. The third-order valence-corrected chi connectivity index (χ3v) is 6.70. The summed E-state index contributed by atoms with van der Waals surface area (Å²) in [7, 11) is 2.29. The number of nitrogens with zero attached hydrogens (tertiary/aromatic N) is 2. The van der Waals surface area contributed by atoms with Gasteiger partial charge in [-0.3, -0.25) is 4.90 Å². The highest BCUT2D eigenvalue weighted by atomic mass is 16.5. The molecule has 3 unspecified atom stereocenters. The van der Waals surface area contributed by atoms with Gasteiger partial charge in [0, 0.05) is 29.6 Å². The SMILES string of the molecule is Cc1ccc(C2CC3CCC([C@H]2c2cc(-c4ccccc4)no2)N3C)cc1. The summed E-state index contributed by atoms with van der Waals surface area (Å²) >= 11 is 0. The standard InChI is InChI=1S/C24H26N2O/c1-16-8-10-17(11-9-16)20-14-19-12-13-22(26(19)2)24(20)23-15-21(25-27-23)18-6-4-3-5-7-18/h3-11,15,19-20,22,24H,12-14H2,1-2H3/t19?,20?,22?,24-/m0/s1. The molecule has 3 heteroatoms. The van der Waals surface area contributed by atoms with Crippen LogP contribution in [0.4, 0.5) is 0 Å². The lowest BCUT2D eigenvalue weighted by Crippen LogP contribution is -2.44. The van der Waals surface area contributed by atoms with Crippen molar-refractivity contribution in [3.63, 3.8) is 0 Å². The average molecular weight is 358 g/mol. The zero-order chi connectivity index (χ0) is 18.4. The molecule has 27 heavy (non-hydrogen) atoms. The minimum atomic E-state index is 0.362. The summed E-state index contributed by atoms with van der Waals surface area (Å²) in [6.45, 7) is 2.15. The van der Waals surface area contributed by atoms with Crippen molar-refractivity contribution in [3.8, 4) is 11.3 Å². The van der Waals surface area contributed by atoms with Crippen molar-refractivity contribution in [3.05, 3.63) is 77.6 Å². The van der Waals surface area contributed by atoms with E-state index in [0.717, 1.165) is 17.0 Å². The first kappa shape index (κ1) is 16.8. The van der Waals surface area contributed by atoms with Crippen LogP contribution in [0.15, 0.2) is 65.2 Å².